The number of esters is 2. The van der Waals surface area contributed by atoms with Crippen LogP contribution in [0.4, 0.5) is 0 Å². The largest absolute Gasteiger partial charge is 0.513 e. The number of aliphatic hydroxyl groups is 2. The minimum Gasteiger partial charge on any atom is -0.513 e. The number of carbonyl (C=O) groups is 3. The van der Waals surface area contributed by atoms with Crippen molar-refractivity contribution in [1.29, 1.82) is 0 Å². The maximum absolute atomic E-state index is 13.1. The quantitative estimate of drug-likeness (QED) is 0.457. The summed E-state index contributed by atoms with van der Waals surface area (Å²) in [6.45, 7) is 11.2. The number of allylic oxidation sites excluding steroid dienone is 2. The molecule has 4 rings (SSSR count). The van der Waals surface area contributed by atoms with Crippen molar-refractivity contribution < 1.29 is 34.1 Å². The summed E-state index contributed by atoms with van der Waals surface area (Å²) in [6.07, 6.45) is 2.40. The van der Waals surface area contributed by atoms with Crippen LogP contribution >= 0.6 is 0 Å². The van der Waals surface area contributed by atoms with Crippen LogP contribution < -0.4 is 0 Å². The third-order valence-electron chi connectivity index (χ3n) is 8.10. The van der Waals surface area contributed by atoms with E-state index in [9.17, 15) is 24.6 Å². The molecule has 7 atom stereocenters. The summed E-state index contributed by atoms with van der Waals surface area (Å²) in [7, 11) is 0. The highest BCUT2D eigenvalue weighted by molar-refractivity contribution is 5.86. The second-order valence-electron chi connectivity index (χ2n) is 10.7. The lowest BCUT2D eigenvalue weighted by Gasteiger charge is -2.68. The van der Waals surface area contributed by atoms with Gasteiger partial charge in [-0.3, -0.25) is 14.4 Å². The molecular formula is C25H36O7. The Morgan fingerprint density at radius 2 is 1.47 bits per heavy atom. The van der Waals surface area contributed by atoms with Gasteiger partial charge in [0.05, 0.1) is 24.4 Å². The lowest BCUT2D eigenvalue weighted by molar-refractivity contribution is -0.237. The van der Waals surface area contributed by atoms with E-state index < -0.39 is 35.0 Å². The topological polar surface area (TPSA) is 110 Å². The third-order valence-corrected chi connectivity index (χ3v) is 8.10. The molecule has 7 heteroatoms. The van der Waals surface area contributed by atoms with Gasteiger partial charge in [0.15, 0.2) is 0 Å². The summed E-state index contributed by atoms with van der Waals surface area (Å²) in [5.41, 5.74) is -0.984. The van der Waals surface area contributed by atoms with Crippen LogP contribution in [-0.2, 0) is 23.9 Å². The van der Waals surface area contributed by atoms with E-state index in [2.05, 4.69) is 6.92 Å². The zero-order chi connectivity index (χ0) is 24.0. The first-order valence-corrected chi connectivity index (χ1v) is 11.4. The van der Waals surface area contributed by atoms with Crippen LogP contribution in [0.25, 0.3) is 0 Å². The van der Waals surface area contributed by atoms with Crippen molar-refractivity contribution in [1.82, 2.24) is 0 Å². The Kier molecular flexibility index (Phi) is 6.51. The molecule has 2 N–H and O–H groups in total. The van der Waals surface area contributed by atoms with E-state index in [0.29, 0.717) is 12.8 Å². The number of rotatable bonds is 6. The van der Waals surface area contributed by atoms with Gasteiger partial charge >= 0.3 is 11.9 Å². The molecule has 0 amide bonds. The maximum atomic E-state index is 13.1. The van der Waals surface area contributed by atoms with E-state index in [1.54, 1.807) is 0 Å². The van der Waals surface area contributed by atoms with Crippen molar-refractivity contribution >= 4 is 17.7 Å². The van der Waals surface area contributed by atoms with Crippen molar-refractivity contribution in [2.24, 2.45) is 34.5 Å². The summed E-state index contributed by atoms with van der Waals surface area (Å²) >= 11 is 0. The molecule has 0 saturated heterocycles. The molecule has 4 fully saturated rings. The SMILES string of the molecule is CC(O)=CCC(=O)OC1CC(OC(=O)CC=C(C)O)C2(C)C3C(=O)CC(C)C2C3C1(C)C. The number of aliphatic hydroxyl groups excluding tert-OH is 2. The fourth-order valence-electron chi connectivity index (χ4n) is 6.68. The van der Waals surface area contributed by atoms with Crippen LogP contribution in [0.2, 0.25) is 0 Å². The molecule has 32 heavy (non-hydrogen) atoms. The Morgan fingerprint density at radius 3 is 1.94 bits per heavy atom. The third kappa shape index (κ3) is 4.06. The molecule has 0 aliphatic heterocycles. The van der Waals surface area contributed by atoms with Gasteiger partial charge in [0.25, 0.3) is 0 Å². The number of hydrogen-bond donors (Lipinski definition) is 2. The first-order chi connectivity index (χ1) is 14.8. The number of hydrogen-bond acceptors (Lipinski definition) is 7. The molecule has 178 valence electrons. The highest BCUT2D eigenvalue weighted by Gasteiger charge is 2.75. The van der Waals surface area contributed by atoms with E-state index in [4.69, 9.17) is 9.47 Å². The van der Waals surface area contributed by atoms with Crippen LogP contribution in [-0.4, -0.2) is 40.1 Å². The van der Waals surface area contributed by atoms with Crippen LogP contribution in [0, 0.1) is 34.5 Å². The van der Waals surface area contributed by atoms with E-state index in [1.807, 2.05) is 20.8 Å². The molecule has 0 spiro atoms. The predicted octanol–water partition coefficient (Wildman–Crippen LogP) is 4.42. The van der Waals surface area contributed by atoms with Crippen LogP contribution in [0.5, 0.6) is 0 Å². The zero-order valence-corrected chi connectivity index (χ0v) is 19.9. The minimum absolute atomic E-state index is 0.0403. The predicted molar refractivity (Wildman–Crippen MR) is 118 cm³/mol. The monoisotopic (exact) mass is 448 g/mol. The molecule has 4 saturated carbocycles. The Morgan fingerprint density at radius 1 is 0.969 bits per heavy atom. The fourth-order valence-corrected chi connectivity index (χ4v) is 6.68. The van der Waals surface area contributed by atoms with E-state index in [1.165, 1.54) is 26.0 Å². The summed E-state index contributed by atoms with van der Waals surface area (Å²) in [4.78, 5) is 38.2. The van der Waals surface area contributed by atoms with Crippen molar-refractivity contribution in [3.8, 4) is 0 Å². The van der Waals surface area contributed by atoms with Gasteiger partial charge in [-0.1, -0.05) is 27.7 Å². The maximum Gasteiger partial charge on any atom is 0.310 e. The van der Waals surface area contributed by atoms with Crippen molar-refractivity contribution in [2.75, 3.05) is 0 Å². The van der Waals surface area contributed by atoms with Gasteiger partial charge in [0, 0.05) is 29.6 Å². The molecule has 4 aliphatic rings. The molecule has 0 aromatic heterocycles. The van der Waals surface area contributed by atoms with Crippen LogP contribution in [0.15, 0.2) is 23.7 Å². The second-order valence-corrected chi connectivity index (χ2v) is 10.7. The second kappa shape index (κ2) is 8.56. The molecule has 4 aliphatic carbocycles. The Bertz CT molecular complexity index is 846. The smallest absolute Gasteiger partial charge is 0.310 e. The van der Waals surface area contributed by atoms with Crippen molar-refractivity contribution in [3.05, 3.63) is 23.7 Å². The molecule has 0 radical (unpaired) electrons. The molecule has 4 bridgehead atoms. The highest BCUT2D eigenvalue weighted by atomic mass is 16.6. The Balaban J connectivity index is 1.94. The first-order valence-electron chi connectivity index (χ1n) is 11.4. The summed E-state index contributed by atoms with van der Waals surface area (Å²) in [5.74, 6) is -0.533. The lowest BCUT2D eigenvalue weighted by atomic mass is 9.35. The van der Waals surface area contributed by atoms with Gasteiger partial charge in [-0.2, -0.15) is 0 Å². The minimum atomic E-state index is -0.574. The fraction of sp³-hybridized carbons (Fsp3) is 0.720. The van der Waals surface area contributed by atoms with Gasteiger partial charge < -0.3 is 19.7 Å². The average Bonchev–Trinajstić information content (AvgIpc) is 2.77. The van der Waals surface area contributed by atoms with E-state index in [0.717, 1.165) is 0 Å². The van der Waals surface area contributed by atoms with Crippen LogP contribution in [0.1, 0.15) is 67.2 Å². The molecule has 7 nitrogen and oxygen atoms in total. The van der Waals surface area contributed by atoms with Gasteiger partial charge in [-0.15, -0.1) is 0 Å². The number of ether oxygens (including phenoxy) is 2. The number of ketones is 1. The standard InChI is InChI=1S/C25H36O7/c1-13-11-16(28)22-23-21(13)25(22,6)18(32-20(30)10-8-15(3)27)12-17(24(23,4)5)31-19(29)9-7-14(2)26/h7-8,13,17-18,21-23,26-27H,9-12H2,1-6H3. The van der Waals surface area contributed by atoms with E-state index in [-0.39, 0.29) is 53.8 Å². The summed E-state index contributed by atoms with van der Waals surface area (Å²) in [5, 5.41) is 18.8. The van der Waals surface area contributed by atoms with E-state index >= 15 is 0 Å². The number of fused-ring (bicyclic) bond motifs is 3. The molecular weight excluding hydrogens is 412 g/mol. The van der Waals surface area contributed by atoms with Gasteiger partial charge in [-0.25, -0.2) is 0 Å². The molecule has 0 aromatic rings. The van der Waals surface area contributed by atoms with Gasteiger partial charge in [0.1, 0.15) is 18.0 Å². The average molecular weight is 449 g/mol. The molecule has 0 heterocycles. The van der Waals surface area contributed by atoms with Gasteiger partial charge in [-0.05, 0) is 43.8 Å². The summed E-state index contributed by atoms with van der Waals surface area (Å²) in [6, 6.07) is 0. The highest BCUT2D eigenvalue weighted by Crippen LogP contribution is 2.73. The first kappa shape index (κ1) is 24.3. The van der Waals surface area contributed by atoms with Gasteiger partial charge in [0.2, 0.25) is 0 Å². The number of Topliss-reactive ketones (excluding diaryl/α,β-unsaturated/α-hetero) is 1. The Labute approximate surface area is 189 Å². The zero-order valence-electron chi connectivity index (χ0n) is 19.9. The lowest BCUT2D eigenvalue weighted by Crippen LogP contribution is -2.70. The molecule has 0 aromatic carbocycles. The van der Waals surface area contributed by atoms with Crippen molar-refractivity contribution in [2.45, 2.75) is 79.4 Å². The van der Waals surface area contributed by atoms with Crippen LogP contribution in [0.3, 0.4) is 0 Å². The normalized spacial score (nSPS) is 38.4. The summed E-state index contributed by atoms with van der Waals surface area (Å²) < 4.78 is 11.8. The Hall–Kier alpha value is -2.31. The molecule has 7 unspecified atom stereocenters. The van der Waals surface area contributed by atoms with Crippen molar-refractivity contribution in [3.63, 3.8) is 0 Å². The number of carbonyl (C=O) groups excluding carboxylic acids is 3.